The van der Waals surface area contributed by atoms with Crippen LogP contribution in [-0.2, 0) is 17.8 Å². The van der Waals surface area contributed by atoms with E-state index in [2.05, 4.69) is 15.1 Å². The van der Waals surface area contributed by atoms with Gasteiger partial charge in [-0.1, -0.05) is 24.3 Å². The lowest BCUT2D eigenvalue weighted by atomic mass is 9.84. The third kappa shape index (κ3) is 9.37. The van der Waals surface area contributed by atoms with Crippen LogP contribution in [0, 0.1) is 13.8 Å². The Hall–Kier alpha value is -3.18. The Labute approximate surface area is 303 Å². The van der Waals surface area contributed by atoms with Crippen molar-refractivity contribution in [3.8, 4) is 0 Å². The molecule has 2 spiro atoms. The number of likely N-dealkylation sites (tertiary alicyclic amines) is 3. The molecule has 0 radical (unpaired) electrons. The molecule has 10 nitrogen and oxygen atoms in total. The minimum absolute atomic E-state index is 0. The SMILES string of the molecule is Cc1cc(CN2CCCC23CCN(C(=O)OC(C)(C)C)CC3)ccc1C(=O)O.Cc1cc(CN2CCCC23CCNCC3)ccc1C(=O)O.Cl. The van der Waals surface area contributed by atoms with Crippen LogP contribution in [0.5, 0.6) is 0 Å². The van der Waals surface area contributed by atoms with Crippen molar-refractivity contribution >= 4 is 30.4 Å². The number of nitrogens with one attached hydrogen (secondary N) is 1. The molecular formula is C39H57ClN4O6. The molecule has 3 N–H and O–H groups in total. The average molecular weight is 713 g/mol. The van der Waals surface area contributed by atoms with Crippen LogP contribution in [0.2, 0.25) is 0 Å². The highest BCUT2D eigenvalue weighted by Crippen LogP contribution is 2.40. The van der Waals surface area contributed by atoms with Gasteiger partial charge in [0.2, 0.25) is 0 Å². The van der Waals surface area contributed by atoms with E-state index in [1.165, 1.54) is 44.2 Å². The minimum atomic E-state index is -0.879. The third-order valence-electron chi connectivity index (χ3n) is 11.2. The second-order valence-corrected chi connectivity index (χ2v) is 15.6. The van der Waals surface area contributed by atoms with E-state index in [9.17, 15) is 19.5 Å². The van der Waals surface area contributed by atoms with Gasteiger partial charge < -0.3 is 25.2 Å². The molecule has 11 heteroatoms. The van der Waals surface area contributed by atoms with Crippen molar-refractivity contribution in [3.63, 3.8) is 0 Å². The second-order valence-electron chi connectivity index (χ2n) is 15.6. The number of aryl methyl sites for hydroxylation is 2. The summed E-state index contributed by atoms with van der Waals surface area (Å²) in [5, 5.41) is 21.8. The van der Waals surface area contributed by atoms with Crippen LogP contribution >= 0.6 is 12.4 Å². The third-order valence-corrected chi connectivity index (χ3v) is 11.2. The summed E-state index contributed by atoms with van der Waals surface area (Å²) < 4.78 is 5.52. The van der Waals surface area contributed by atoms with Crippen LogP contribution in [0.25, 0.3) is 0 Å². The fraction of sp³-hybridized carbons (Fsp3) is 0.615. The van der Waals surface area contributed by atoms with Gasteiger partial charge in [0.15, 0.2) is 0 Å². The number of piperidine rings is 2. The number of hydrogen-bond acceptors (Lipinski definition) is 7. The van der Waals surface area contributed by atoms with Crippen molar-refractivity contribution in [3.05, 3.63) is 69.8 Å². The van der Waals surface area contributed by atoms with E-state index in [0.717, 1.165) is 81.8 Å². The van der Waals surface area contributed by atoms with Gasteiger partial charge in [-0.25, -0.2) is 14.4 Å². The highest BCUT2D eigenvalue weighted by atomic mass is 35.5. The van der Waals surface area contributed by atoms with Gasteiger partial charge in [-0.05, 0) is 147 Å². The standard InChI is InChI=1S/C22H32N2O4.C17H24N2O2.ClH/c1-16-14-17(6-7-18(16)19(25)26)15-24-11-5-8-22(24)9-12-23(13-10-22)20(27)28-21(2,3)4;1-13-11-14(3-4-15(13)16(20)21)12-19-10-2-5-17(19)6-8-18-9-7-17;/h6-7,14H,5,8-13,15H2,1-4H3,(H,25,26);3-4,11,18H,2,5-10,12H2,1H3,(H,20,21);1H. The van der Waals surface area contributed by atoms with Crippen LogP contribution in [0.1, 0.15) is 115 Å². The fourth-order valence-corrected chi connectivity index (χ4v) is 8.51. The van der Waals surface area contributed by atoms with E-state index in [-0.39, 0.29) is 24.0 Å². The molecule has 0 unspecified atom stereocenters. The molecular weight excluding hydrogens is 656 g/mol. The highest BCUT2D eigenvalue weighted by molar-refractivity contribution is 5.89. The van der Waals surface area contributed by atoms with Crippen LogP contribution in [-0.4, -0.2) is 98.9 Å². The molecule has 2 aromatic rings. The molecule has 0 bridgehead atoms. The Morgan fingerprint density at radius 3 is 1.56 bits per heavy atom. The van der Waals surface area contributed by atoms with Crippen LogP contribution in [0.3, 0.4) is 0 Å². The number of hydrogen-bond donors (Lipinski definition) is 3. The van der Waals surface area contributed by atoms with Crippen molar-refractivity contribution < 1.29 is 29.3 Å². The molecule has 0 atom stereocenters. The Bertz CT molecular complexity index is 1510. The summed E-state index contributed by atoms with van der Waals surface area (Å²) in [7, 11) is 0. The first kappa shape index (κ1) is 39.6. The van der Waals surface area contributed by atoms with Gasteiger partial charge >= 0.3 is 18.0 Å². The van der Waals surface area contributed by atoms with Crippen molar-refractivity contribution in [2.45, 2.75) is 116 Å². The number of carbonyl (C=O) groups is 3. The van der Waals surface area contributed by atoms with Gasteiger partial charge in [-0.2, -0.15) is 0 Å². The highest BCUT2D eigenvalue weighted by Gasteiger charge is 2.44. The van der Waals surface area contributed by atoms with Crippen molar-refractivity contribution in [1.29, 1.82) is 0 Å². The molecule has 4 fully saturated rings. The molecule has 2 aromatic carbocycles. The Morgan fingerprint density at radius 2 is 1.16 bits per heavy atom. The maximum atomic E-state index is 12.4. The average Bonchev–Trinajstić information content (AvgIpc) is 3.59. The van der Waals surface area contributed by atoms with Gasteiger partial charge in [0, 0.05) is 37.3 Å². The number of carboxylic acid groups (broad SMARTS) is 2. The monoisotopic (exact) mass is 712 g/mol. The molecule has 0 aromatic heterocycles. The summed E-state index contributed by atoms with van der Waals surface area (Å²) in [6, 6.07) is 11.4. The number of rotatable bonds is 6. The lowest BCUT2D eigenvalue weighted by molar-refractivity contribution is 0.00160. The molecule has 50 heavy (non-hydrogen) atoms. The Balaban J connectivity index is 0.000000229. The van der Waals surface area contributed by atoms with Gasteiger partial charge in [0.25, 0.3) is 0 Å². The largest absolute Gasteiger partial charge is 0.478 e. The topological polar surface area (TPSA) is 123 Å². The van der Waals surface area contributed by atoms with Crippen LogP contribution in [0.4, 0.5) is 4.79 Å². The maximum Gasteiger partial charge on any atom is 0.410 e. The number of amides is 1. The van der Waals surface area contributed by atoms with E-state index in [4.69, 9.17) is 9.84 Å². The lowest BCUT2D eigenvalue weighted by Crippen LogP contribution is -2.53. The number of benzene rings is 2. The summed E-state index contributed by atoms with van der Waals surface area (Å²) >= 11 is 0. The van der Waals surface area contributed by atoms with Crippen molar-refractivity contribution in [2.24, 2.45) is 0 Å². The summed E-state index contributed by atoms with van der Waals surface area (Å²) in [5.74, 6) is -1.72. The second kappa shape index (κ2) is 16.4. The van der Waals surface area contributed by atoms with Crippen LogP contribution in [0.15, 0.2) is 36.4 Å². The molecule has 4 aliphatic rings. The van der Waals surface area contributed by atoms with Crippen LogP contribution < -0.4 is 5.32 Å². The molecule has 4 aliphatic heterocycles. The van der Waals surface area contributed by atoms with E-state index in [1.54, 1.807) is 12.1 Å². The summed E-state index contributed by atoms with van der Waals surface area (Å²) in [6.45, 7) is 17.1. The van der Waals surface area contributed by atoms with E-state index < -0.39 is 17.5 Å². The van der Waals surface area contributed by atoms with Gasteiger partial charge in [0.05, 0.1) is 11.1 Å². The first-order valence-electron chi connectivity index (χ1n) is 18.0. The number of halogens is 1. The van der Waals surface area contributed by atoms with Gasteiger partial charge in [-0.15, -0.1) is 12.4 Å². The molecule has 6 rings (SSSR count). The smallest absolute Gasteiger partial charge is 0.410 e. The number of nitrogens with zero attached hydrogens (tertiary/aromatic N) is 3. The zero-order valence-corrected chi connectivity index (χ0v) is 31.4. The number of aromatic carboxylic acids is 2. The van der Waals surface area contributed by atoms with E-state index >= 15 is 0 Å². The van der Waals surface area contributed by atoms with Crippen molar-refractivity contribution in [2.75, 3.05) is 39.3 Å². The van der Waals surface area contributed by atoms with E-state index in [1.807, 2.05) is 63.8 Å². The Kier molecular flexibility index (Phi) is 13.0. The van der Waals surface area contributed by atoms with Crippen molar-refractivity contribution in [1.82, 2.24) is 20.0 Å². The molecule has 1 amide bonds. The maximum absolute atomic E-state index is 12.4. The number of ether oxygens (including phenoxy) is 1. The molecule has 0 saturated carbocycles. The summed E-state index contributed by atoms with van der Waals surface area (Å²) in [4.78, 5) is 41.7. The lowest BCUT2D eigenvalue weighted by Gasteiger charge is -2.45. The summed E-state index contributed by atoms with van der Waals surface area (Å²) in [5.41, 5.74) is 4.88. The number of carbonyl (C=O) groups excluding carboxylic acids is 1. The van der Waals surface area contributed by atoms with E-state index in [0.29, 0.717) is 16.7 Å². The predicted octanol–water partition coefficient (Wildman–Crippen LogP) is 6.89. The van der Waals surface area contributed by atoms with Gasteiger partial charge in [-0.3, -0.25) is 9.80 Å². The first-order valence-corrected chi connectivity index (χ1v) is 18.0. The molecule has 4 saturated heterocycles. The molecule has 0 aliphatic carbocycles. The predicted molar refractivity (Wildman–Crippen MR) is 197 cm³/mol. The zero-order valence-electron chi connectivity index (χ0n) is 30.6. The minimum Gasteiger partial charge on any atom is -0.478 e. The first-order chi connectivity index (χ1) is 23.2. The fourth-order valence-electron chi connectivity index (χ4n) is 8.51. The normalized spacial score (nSPS) is 20.2. The quantitative estimate of drug-likeness (QED) is 0.294. The Morgan fingerprint density at radius 1 is 0.720 bits per heavy atom. The summed E-state index contributed by atoms with van der Waals surface area (Å²) in [6.07, 6.45) is 9.08. The number of carboxylic acids is 2. The molecule has 276 valence electrons. The zero-order chi connectivity index (χ0) is 35.4. The van der Waals surface area contributed by atoms with Gasteiger partial charge in [0.1, 0.15) is 5.60 Å². The molecule has 4 heterocycles.